The number of thiophene rings is 1. The number of rotatable bonds is 7. The van der Waals surface area contributed by atoms with E-state index < -0.39 is 5.97 Å². The third kappa shape index (κ3) is 6.12. The van der Waals surface area contributed by atoms with Gasteiger partial charge in [-0.2, -0.15) is 0 Å². The number of carbonyl (C=O) groups is 3. The van der Waals surface area contributed by atoms with Crippen molar-refractivity contribution in [3.05, 3.63) is 21.3 Å². The van der Waals surface area contributed by atoms with E-state index in [0.29, 0.717) is 21.0 Å². The van der Waals surface area contributed by atoms with Gasteiger partial charge in [0.1, 0.15) is 0 Å². The molecular formula is C18H24ClNO4S. The van der Waals surface area contributed by atoms with Crippen molar-refractivity contribution in [3.8, 4) is 0 Å². The Hall–Kier alpha value is -1.40. The van der Waals surface area contributed by atoms with Crippen LogP contribution in [0.15, 0.2) is 12.1 Å². The molecule has 138 valence electrons. The summed E-state index contributed by atoms with van der Waals surface area (Å²) in [5.74, 6) is 0.0252. The van der Waals surface area contributed by atoms with Crippen LogP contribution in [-0.4, -0.2) is 30.3 Å². The minimum absolute atomic E-state index is 0.0432. The maximum absolute atomic E-state index is 12.0. The Morgan fingerprint density at radius 2 is 2.00 bits per heavy atom. The van der Waals surface area contributed by atoms with E-state index in [1.54, 1.807) is 12.1 Å². The molecule has 1 N–H and O–H groups in total. The van der Waals surface area contributed by atoms with Gasteiger partial charge < -0.3 is 10.1 Å². The number of ether oxygens (including phenoxy) is 1. The lowest BCUT2D eigenvalue weighted by atomic mass is 9.78. The molecule has 5 nitrogen and oxygen atoms in total. The first-order valence-corrected chi connectivity index (χ1v) is 9.79. The van der Waals surface area contributed by atoms with Crippen LogP contribution in [0.5, 0.6) is 0 Å². The van der Waals surface area contributed by atoms with Gasteiger partial charge in [-0.1, -0.05) is 38.3 Å². The van der Waals surface area contributed by atoms with E-state index in [4.69, 9.17) is 16.3 Å². The van der Waals surface area contributed by atoms with Gasteiger partial charge in [-0.3, -0.25) is 14.4 Å². The fraction of sp³-hybridized carbons (Fsp3) is 0.611. The summed E-state index contributed by atoms with van der Waals surface area (Å²) in [6, 6.07) is 3.43. The van der Waals surface area contributed by atoms with E-state index in [1.807, 2.05) is 0 Å². The fourth-order valence-corrected chi connectivity index (χ4v) is 4.07. The molecule has 7 heteroatoms. The number of hydrogen-bond acceptors (Lipinski definition) is 5. The van der Waals surface area contributed by atoms with Crippen molar-refractivity contribution in [2.75, 3.05) is 6.61 Å². The van der Waals surface area contributed by atoms with Crippen molar-refractivity contribution in [2.24, 2.45) is 11.8 Å². The Morgan fingerprint density at radius 1 is 1.24 bits per heavy atom. The second kappa shape index (κ2) is 9.34. The lowest BCUT2D eigenvalue weighted by Gasteiger charge is -2.34. The third-order valence-electron chi connectivity index (χ3n) is 4.82. The monoisotopic (exact) mass is 385 g/mol. The van der Waals surface area contributed by atoms with Gasteiger partial charge in [-0.25, -0.2) is 0 Å². The Kier molecular flexibility index (Phi) is 7.44. The zero-order chi connectivity index (χ0) is 18.4. The summed E-state index contributed by atoms with van der Waals surface area (Å²) in [5.41, 5.74) is 0. The van der Waals surface area contributed by atoms with Crippen LogP contribution in [0.4, 0.5) is 0 Å². The van der Waals surface area contributed by atoms with Crippen LogP contribution in [-0.2, 0) is 14.3 Å². The highest BCUT2D eigenvalue weighted by molar-refractivity contribution is 7.18. The molecule has 2 rings (SSSR count). The molecule has 1 saturated carbocycles. The summed E-state index contributed by atoms with van der Waals surface area (Å²) < 4.78 is 5.51. The van der Waals surface area contributed by atoms with Crippen LogP contribution in [0.25, 0.3) is 0 Å². The van der Waals surface area contributed by atoms with Crippen molar-refractivity contribution in [1.29, 1.82) is 0 Å². The largest absolute Gasteiger partial charge is 0.456 e. The van der Waals surface area contributed by atoms with E-state index in [2.05, 4.69) is 19.2 Å². The lowest BCUT2D eigenvalue weighted by molar-refractivity contribution is -0.148. The van der Waals surface area contributed by atoms with Gasteiger partial charge in [0.05, 0.1) is 15.6 Å². The van der Waals surface area contributed by atoms with Gasteiger partial charge in [0, 0.05) is 12.5 Å². The number of hydrogen-bond donors (Lipinski definition) is 1. The number of ketones is 1. The molecule has 0 saturated heterocycles. The highest BCUT2D eigenvalue weighted by Gasteiger charge is 2.28. The Bertz CT molecular complexity index is 630. The topological polar surface area (TPSA) is 72.5 Å². The molecule has 1 aromatic heterocycles. The van der Waals surface area contributed by atoms with E-state index in [-0.39, 0.29) is 37.2 Å². The normalized spacial score (nSPS) is 23.1. The zero-order valence-corrected chi connectivity index (χ0v) is 16.1. The van der Waals surface area contributed by atoms with Crippen LogP contribution in [0.2, 0.25) is 4.34 Å². The number of carbonyl (C=O) groups excluding carboxylic acids is 3. The highest BCUT2D eigenvalue weighted by atomic mass is 35.5. The zero-order valence-electron chi connectivity index (χ0n) is 14.5. The average molecular weight is 386 g/mol. The van der Waals surface area contributed by atoms with Crippen LogP contribution in [0.1, 0.15) is 55.6 Å². The van der Waals surface area contributed by atoms with Crippen LogP contribution < -0.4 is 5.32 Å². The number of nitrogens with one attached hydrogen (secondary N) is 1. The van der Waals surface area contributed by atoms with Gasteiger partial charge in [-0.05, 0) is 30.4 Å². The number of halogens is 1. The van der Waals surface area contributed by atoms with Crippen LogP contribution in [0, 0.1) is 11.8 Å². The minimum Gasteiger partial charge on any atom is -0.456 e. The van der Waals surface area contributed by atoms with Crippen molar-refractivity contribution in [3.63, 3.8) is 0 Å². The maximum Gasteiger partial charge on any atom is 0.306 e. The van der Waals surface area contributed by atoms with Gasteiger partial charge >= 0.3 is 5.97 Å². The Labute approximate surface area is 157 Å². The molecule has 1 aliphatic rings. The fourth-order valence-electron chi connectivity index (χ4n) is 3.06. The van der Waals surface area contributed by atoms with Gasteiger partial charge in [0.2, 0.25) is 0 Å². The summed E-state index contributed by atoms with van der Waals surface area (Å²) in [6.07, 6.45) is 3.26. The van der Waals surface area contributed by atoms with Crippen molar-refractivity contribution >= 4 is 40.6 Å². The van der Waals surface area contributed by atoms with Crippen molar-refractivity contribution < 1.29 is 19.1 Å². The molecule has 3 atom stereocenters. The molecule has 1 aromatic rings. The van der Waals surface area contributed by atoms with Gasteiger partial charge in [-0.15, -0.1) is 11.3 Å². The third-order valence-corrected chi connectivity index (χ3v) is 6.09. The van der Waals surface area contributed by atoms with E-state index >= 15 is 0 Å². The lowest BCUT2D eigenvalue weighted by Crippen LogP contribution is -2.45. The predicted octanol–water partition coefficient (Wildman–Crippen LogP) is 3.85. The SMILES string of the molecule is C[C@@H]1[C@H](C)CCC[C@H]1NC(=O)COC(=O)CCC(=O)c1ccc(Cl)s1. The minimum atomic E-state index is -0.545. The van der Waals surface area contributed by atoms with Crippen LogP contribution >= 0.6 is 22.9 Å². The second-order valence-electron chi connectivity index (χ2n) is 6.63. The standard InChI is InChI=1S/C18H24ClNO4S/c1-11-4-3-5-13(12(11)2)20-17(22)10-24-18(23)9-6-14(21)15-7-8-16(19)25-15/h7-8,11-13H,3-6,9-10H2,1-2H3,(H,20,22)/t11-,12-,13-/m1/s1. The first kappa shape index (κ1) is 19.9. The summed E-state index contributed by atoms with van der Waals surface area (Å²) in [6.45, 7) is 4.04. The van der Waals surface area contributed by atoms with E-state index in [9.17, 15) is 14.4 Å². The molecule has 1 heterocycles. The molecule has 1 fully saturated rings. The molecule has 1 aliphatic carbocycles. The molecule has 1 amide bonds. The number of esters is 1. The maximum atomic E-state index is 12.0. The summed E-state index contributed by atoms with van der Waals surface area (Å²) >= 11 is 6.97. The average Bonchev–Trinajstić information content (AvgIpc) is 3.01. The quantitative estimate of drug-likeness (QED) is 0.571. The molecular weight excluding hydrogens is 362 g/mol. The molecule has 0 unspecified atom stereocenters. The Balaban J connectivity index is 1.67. The summed E-state index contributed by atoms with van der Waals surface area (Å²) in [5, 5.41) is 2.95. The second-order valence-corrected chi connectivity index (χ2v) is 8.34. The van der Waals surface area contributed by atoms with Gasteiger partial charge in [0.25, 0.3) is 5.91 Å². The molecule has 0 aliphatic heterocycles. The smallest absolute Gasteiger partial charge is 0.306 e. The first-order chi connectivity index (χ1) is 11.9. The summed E-state index contributed by atoms with van der Waals surface area (Å²) in [4.78, 5) is 36.1. The molecule has 0 aromatic carbocycles. The molecule has 0 bridgehead atoms. The molecule has 25 heavy (non-hydrogen) atoms. The molecule has 0 spiro atoms. The van der Waals surface area contributed by atoms with Crippen LogP contribution in [0.3, 0.4) is 0 Å². The number of amides is 1. The van der Waals surface area contributed by atoms with E-state index in [1.165, 1.54) is 17.8 Å². The number of Topliss-reactive ketones (excluding diaryl/α,β-unsaturated/α-hetero) is 1. The first-order valence-electron chi connectivity index (χ1n) is 8.60. The highest BCUT2D eigenvalue weighted by Crippen LogP contribution is 2.29. The van der Waals surface area contributed by atoms with Crippen molar-refractivity contribution in [1.82, 2.24) is 5.32 Å². The van der Waals surface area contributed by atoms with E-state index in [0.717, 1.165) is 12.8 Å². The Morgan fingerprint density at radius 3 is 2.68 bits per heavy atom. The van der Waals surface area contributed by atoms with Gasteiger partial charge in [0.15, 0.2) is 12.4 Å². The molecule has 0 radical (unpaired) electrons. The predicted molar refractivity (Wildman–Crippen MR) is 98.0 cm³/mol. The van der Waals surface area contributed by atoms with Crippen molar-refractivity contribution in [2.45, 2.75) is 52.0 Å². The summed E-state index contributed by atoms with van der Waals surface area (Å²) in [7, 11) is 0.